The predicted octanol–water partition coefficient (Wildman–Crippen LogP) is 3.91. The van der Waals surface area contributed by atoms with Gasteiger partial charge in [0.1, 0.15) is 12.7 Å². The number of nitrogens with zero attached hydrogens (tertiary/aromatic N) is 2. The smallest absolute Gasteiger partial charge is 0.312 e. The molecule has 4 atom stereocenters. The molecule has 3 heterocycles. The lowest BCUT2D eigenvalue weighted by atomic mass is 9.49. The fourth-order valence-electron chi connectivity index (χ4n) is 11.4. The summed E-state index contributed by atoms with van der Waals surface area (Å²) in [5, 5.41) is 7.90. The zero-order chi connectivity index (χ0) is 26.8. The molecule has 1 aromatic rings. The number of esters is 2. The van der Waals surface area contributed by atoms with Crippen molar-refractivity contribution in [2.24, 2.45) is 46.3 Å². The van der Waals surface area contributed by atoms with E-state index >= 15 is 0 Å². The quantitative estimate of drug-likeness (QED) is 0.554. The van der Waals surface area contributed by atoms with Crippen LogP contribution in [0.4, 0.5) is 0 Å². The highest BCUT2D eigenvalue weighted by atomic mass is 16.7. The first kappa shape index (κ1) is 24.2. The van der Waals surface area contributed by atoms with Crippen LogP contribution in [0.15, 0.2) is 12.3 Å². The number of ether oxygens (including phenoxy) is 4. The molecule has 9 nitrogen and oxygen atoms in total. The second kappa shape index (κ2) is 8.33. The molecular weight excluding hydrogens is 510 g/mol. The normalized spacial score (nSPS) is 48.5. The van der Waals surface area contributed by atoms with Crippen LogP contribution in [0.1, 0.15) is 83.3 Å². The van der Waals surface area contributed by atoms with Crippen LogP contribution in [0.5, 0.6) is 6.01 Å². The van der Waals surface area contributed by atoms with E-state index in [1.54, 1.807) is 16.8 Å². The minimum atomic E-state index is -0.703. The molecule has 0 aromatic carbocycles. The number of nitrogens with one attached hydrogen (secondary N) is 1. The van der Waals surface area contributed by atoms with Crippen LogP contribution in [0, 0.1) is 51.7 Å². The molecule has 1 saturated heterocycles. The summed E-state index contributed by atoms with van der Waals surface area (Å²) in [7, 11) is 0. The van der Waals surface area contributed by atoms with Crippen molar-refractivity contribution in [1.82, 2.24) is 9.55 Å². The third-order valence-electron chi connectivity index (χ3n) is 12.2. The van der Waals surface area contributed by atoms with Gasteiger partial charge in [0.2, 0.25) is 0 Å². The van der Waals surface area contributed by atoms with Crippen LogP contribution in [0.3, 0.4) is 0 Å². The van der Waals surface area contributed by atoms with Gasteiger partial charge in [-0.05, 0) is 119 Å². The SMILES string of the molecule is N=c1ccn2c(n1)O[C@H]1[C@H](OC(=O)C34CC5CC(CC(C5)C3)C4)[C@@H](COC(=O)C34CC5CC(CC(C5)C3)C4)O[C@H]12. The Labute approximate surface area is 233 Å². The maximum absolute atomic E-state index is 14.0. The van der Waals surface area contributed by atoms with E-state index in [2.05, 4.69) is 4.98 Å². The second-order valence-corrected chi connectivity index (χ2v) is 15.0. The minimum Gasteiger partial charge on any atom is -0.462 e. The van der Waals surface area contributed by atoms with Crippen LogP contribution in [-0.2, 0) is 23.8 Å². The van der Waals surface area contributed by atoms with Gasteiger partial charge in [0.25, 0.3) is 0 Å². The Balaban J connectivity index is 0.962. The summed E-state index contributed by atoms with van der Waals surface area (Å²) in [5.41, 5.74) is -0.645. The average Bonchev–Trinajstić information content (AvgIpc) is 3.41. The molecule has 0 radical (unpaired) electrons. The van der Waals surface area contributed by atoms with E-state index in [4.69, 9.17) is 24.4 Å². The Bertz CT molecular complexity index is 1250. The summed E-state index contributed by atoms with van der Waals surface area (Å²) in [6.45, 7) is 0.0512. The molecule has 1 aromatic heterocycles. The molecule has 214 valence electrons. The highest BCUT2D eigenvalue weighted by molar-refractivity contribution is 5.78. The van der Waals surface area contributed by atoms with Crippen molar-refractivity contribution in [3.05, 3.63) is 17.8 Å². The van der Waals surface area contributed by atoms with Crippen molar-refractivity contribution in [3.63, 3.8) is 0 Å². The first-order chi connectivity index (χ1) is 19.3. The molecule has 10 aliphatic rings. The van der Waals surface area contributed by atoms with E-state index in [-0.39, 0.29) is 29.4 Å². The molecule has 0 spiro atoms. The monoisotopic (exact) mass is 549 g/mol. The van der Waals surface area contributed by atoms with Gasteiger partial charge in [-0.3, -0.25) is 19.6 Å². The number of hydrogen-bond acceptors (Lipinski definition) is 8. The van der Waals surface area contributed by atoms with Crippen LogP contribution in [-0.4, -0.2) is 46.4 Å². The van der Waals surface area contributed by atoms with Crippen LogP contribution in [0.2, 0.25) is 0 Å². The van der Waals surface area contributed by atoms with Gasteiger partial charge in [-0.15, -0.1) is 0 Å². The molecule has 40 heavy (non-hydrogen) atoms. The molecule has 9 heteroatoms. The van der Waals surface area contributed by atoms with Crippen molar-refractivity contribution in [3.8, 4) is 6.01 Å². The summed E-state index contributed by atoms with van der Waals surface area (Å²) in [5.74, 6) is 3.65. The van der Waals surface area contributed by atoms with Crippen molar-refractivity contribution in [1.29, 1.82) is 5.41 Å². The molecule has 8 bridgehead atoms. The Morgan fingerprint density at radius 2 is 1.40 bits per heavy atom. The van der Waals surface area contributed by atoms with E-state index in [1.165, 1.54) is 38.5 Å². The maximum atomic E-state index is 14.0. The number of rotatable bonds is 5. The summed E-state index contributed by atoms with van der Waals surface area (Å²) in [6, 6.07) is 1.89. The molecule has 9 fully saturated rings. The van der Waals surface area contributed by atoms with Gasteiger partial charge in [0.05, 0.1) is 10.8 Å². The third kappa shape index (κ3) is 3.54. The van der Waals surface area contributed by atoms with Crippen molar-refractivity contribution < 1.29 is 28.5 Å². The lowest BCUT2D eigenvalue weighted by Crippen LogP contribution is -2.53. The topological polar surface area (TPSA) is 113 Å². The first-order valence-electron chi connectivity index (χ1n) is 15.7. The summed E-state index contributed by atoms with van der Waals surface area (Å²) in [4.78, 5) is 31.8. The van der Waals surface area contributed by atoms with Gasteiger partial charge in [-0.25, -0.2) is 0 Å². The van der Waals surface area contributed by atoms with E-state index in [0.29, 0.717) is 41.5 Å². The molecule has 11 rings (SSSR count). The average molecular weight is 550 g/mol. The molecule has 8 aliphatic carbocycles. The highest BCUT2D eigenvalue weighted by Crippen LogP contribution is 2.62. The van der Waals surface area contributed by atoms with E-state index in [9.17, 15) is 9.59 Å². The fraction of sp³-hybridized carbons (Fsp3) is 0.806. The lowest BCUT2D eigenvalue weighted by molar-refractivity contribution is -0.187. The Kier molecular flexibility index (Phi) is 5.04. The number of aromatic nitrogens is 2. The molecule has 0 unspecified atom stereocenters. The predicted molar refractivity (Wildman–Crippen MR) is 138 cm³/mol. The maximum Gasteiger partial charge on any atom is 0.312 e. The Hall–Kier alpha value is -2.42. The molecule has 1 N–H and O–H groups in total. The lowest BCUT2D eigenvalue weighted by Gasteiger charge is -2.55. The Morgan fingerprint density at radius 3 is 1.95 bits per heavy atom. The van der Waals surface area contributed by atoms with Crippen LogP contribution in [0.25, 0.3) is 0 Å². The van der Waals surface area contributed by atoms with Crippen molar-refractivity contribution in [2.75, 3.05) is 6.61 Å². The number of hydrogen-bond donors (Lipinski definition) is 1. The van der Waals surface area contributed by atoms with Crippen molar-refractivity contribution >= 4 is 11.9 Å². The van der Waals surface area contributed by atoms with Gasteiger partial charge in [-0.1, -0.05) is 0 Å². The second-order valence-electron chi connectivity index (χ2n) is 15.0. The van der Waals surface area contributed by atoms with E-state index in [1.807, 2.05) is 0 Å². The first-order valence-corrected chi connectivity index (χ1v) is 15.7. The van der Waals surface area contributed by atoms with Crippen LogP contribution < -0.4 is 10.2 Å². The highest BCUT2D eigenvalue weighted by Gasteiger charge is 2.60. The number of fused-ring (bicyclic) bond motifs is 3. The van der Waals surface area contributed by atoms with Gasteiger partial charge in [0.15, 0.2) is 23.9 Å². The number of carbonyl (C=O) groups excluding carboxylic acids is 2. The van der Waals surface area contributed by atoms with Gasteiger partial charge >= 0.3 is 17.9 Å². The van der Waals surface area contributed by atoms with Gasteiger partial charge in [0, 0.05) is 6.20 Å². The summed E-state index contributed by atoms with van der Waals surface area (Å²) >= 11 is 0. The largest absolute Gasteiger partial charge is 0.462 e. The molecule has 2 aliphatic heterocycles. The van der Waals surface area contributed by atoms with Gasteiger partial charge < -0.3 is 18.9 Å². The standard InChI is InChI=1S/C31H39N3O6/c32-23-1-2-34-26-25(40-29(34)33-23)24(39-28(36)31-12-19-6-20(13-31)8-21(7-19)14-31)22(38-26)15-37-27(35)30-9-16-3-17(10-30)5-18(4-16)11-30/h1-2,16-22,24-26,32H,3-15H2/t16?,17?,18?,19?,20?,21?,22-,24-,25+,26-,30?,31?/m1/s1. The molecule has 0 amide bonds. The summed E-state index contributed by atoms with van der Waals surface area (Å²) in [6.07, 6.45) is 12.5. The number of carbonyl (C=O) groups is 2. The minimum absolute atomic E-state index is 0.0512. The Morgan fingerprint density at radius 1 is 0.875 bits per heavy atom. The van der Waals surface area contributed by atoms with Crippen molar-refractivity contribution in [2.45, 2.75) is 102 Å². The van der Waals surface area contributed by atoms with E-state index in [0.717, 1.165) is 38.5 Å². The van der Waals surface area contributed by atoms with Crippen LogP contribution >= 0.6 is 0 Å². The zero-order valence-corrected chi connectivity index (χ0v) is 23.0. The summed E-state index contributed by atoms with van der Waals surface area (Å²) < 4.78 is 26.8. The fourth-order valence-corrected chi connectivity index (χ4v) is 11.4. The van der Waals surface area contributed by atoms with E-state index < -0.39 is 30.0 Å². The third-order valence-corrected chi connectivity index (χ3v) is 12.2. The molecular formula is C31H39N3O6. The van der Waals surface area contributed by atoms with Gasteiger partial charge in [-0.2, -0.15) is 4.98 Å². The zero-order valence-electron chi connectivity index (χ0n) is 23.0. The molecule has 8 saturated carbocycles.